The van der Waals surface area contributed by atoms with Crippen molar-refractivity contribution in [3.8, 4) is 0 Å². The number of aromatic carboxylic acids is 1. The first kappa shape index (κ1) is 13.8. The first-order chi connectivity index (χ1) is 9.45. The van der Waals surface area contributed by atoms with E-state index in [2.05, 4.69) is 10.3 Å². The Hall–Kier alpha value is -2.60. The summed E-state index contributed by atoms with van der Waals surface area (Å²) < 4.78 is 0. The molecule has 0 bridgehead atoms. The Morgan fingerprint density at radius 2 is 2.00 bits per heavy atom. The van der Waals surface area contributed by atoms with Crippen molar-refractivity contribution in [1.82, 2.24) is 4.98 Å². The molecular formula is C13H10ClN3O3. The first-order valence-electron chi connectivity index (χ1n) is 5.52. The lowest BCUT2D eigenvalue weighted by molar-refractivity contribution is 0.0690. The van der Waals surface area contributed by atoms with Gasteiger partial charge in [0.25, 0.3) is 5.91 Å². The standard InChI is InChI=1S/C13H10ClN3O3/c14-8-3-7(4-9(15)5-8)12(18)17-10-1-2-11(13(19)20)16-6-10/h1-6H,15H2,(H,17,18)(H,19,20). The third-order valence-electron chi connectivity index (χ3n) is 2.42. The highest BCUT2D eigenvalue weighted by atomic mass is 35.5. The molecule has 0 unspecified atom stereocenters. The van der Waals surface area contributed by atoms with Crippen LogP contribution >= 0.6 is 11.6 Å². The summed E-state index contributed by atoms with van der Waals surface area (Å²) in [4.78, 5) is 26.3. The lowest BCUT2D eigenvalue weighted by Crippen LogP contribution is -2.13. The lowest BCUT2D eigenvalue weighted by Gasteiger charge is -2.06. The Kier molecular flexibility index (Phi) is 3.86. The van der Waals surface area contributed by atoms with Crippen molar-refractivity contribution in [2.24, 2.45) is 0 Å². The van der Waals surface area contributed by atoms with Crippen LogP contribution < -0.4 is 11.1 Å². The average molecular weight is 292 g/mol. The highest BCUT2D eigenvalue weighted by Crippen LogP contribution is 2.18. The number of hydrogen-bond donors (Lipinski definition) is 3. The lowest BCUT2D eigenvalue weighted by atomic mass is 10.2. The van der Waals surface area contributed by atoms with E-state index in [1.54, 1.807) is 0 Å². The number of benzene rings is 1. The number of nitrogens with two attached hydrogens (primary N) is 1. The number of pyridine rings is 1. The first-order valence-corrected chi connectivity index (χ1v) is 5.90. The summed E-state index contributed by atoms with van der Waals surface area (Å²) in [6.07, 6.45) is 1.26. The molecular weight excluding hydrogens is 282 g/mol. The molecule has 2 aromatic rings. The summed E-state index contributed by atoms with van der Waals surface area (Å²) in [7, 11) is 0. The van der Waals surface area contributed by atoms with E-state index in [1.165, 1.54) is 36.5 Å². The molecule has 0 aliphatic rings. The van der Waals surface area contributed by atoms with E-state index in [9.17, 15) is 9.59 Å². The van der Waals surface area contributed by atoms with Gasteiger partial charge >= 0.3 is 5.97 Å². The predicted octanol–water partition coefficient (Wildman–Crippen LogP) is 2.27. The van der Waals surface area contributed by atoms with E-state index < -0.39 is 11.9 Å². The molecule has 0 atom stereocenters. The Morgan fingerprint density at radius 1 is 1.25 bits per heavy atom. The number of anilines is 2. The minimum atomic E-state index is -1.13. The number of rotatable bonds is 3. The van der Waals surface area contributed by atoms with Gasteiger partial charge in [-0.05, 0) is 30.3 Å². The molecule has 6 nitrogen and oxygen atoms in total. The number of nitrogens with one attached hydrogen (secondary N) is 1. The van der Waals surface area contributed by atoms with Gasteiger partial charge in [-0.1, -0.05) is 11.6 Å². The van der Waals surface area contributed by atoms with Crippen LogP contribution in [-0.4, -0.2) is 22.0 Å². The van der Waals surface area contributed by atoms with Crippen LogP contribution in [0.25, 0.3) is 0 Å². The maximum absolute atomic E-state index is 12.0. The summed E-state index contributed by atoms with van der Waals surface area (Å²) in [6.45, 7) is 0. The molecule has 0 fully saturated rings. The second-order valence-electron chi connectivity index (χ2n) is 3.96. The zero-order valence-corrected chi connectivity index (χ0v) is 10.9. The van der Waals surface area contributed by atoms with Gasteiger partial charge in [0.05, 0.1) is 11.9 Å². The van der Waals surface area contributed by atoms with Crippen molar-refractivity contribution in [2.45, 2.75) is 0 Å². The molecule has 7 heteroatoms. The molecule has 0 saturated carbocycles. The minimum absolute atomic E-state index is 0.102. The largest absolute Gasteiger partial charge is 0.477 e. The van der Waals surface area contributed by atoms with Crippen LogP contribution in [0.15, 0.2) is 36.5 Å². The summed E-state index contributed by atoms with van der Waals surface area (Å²) in [6, 6.07) is 7.24. The molecule has 0 saturated heterocycles. The van der Waals surface area contributed by atoms with E-state index in [4.69, 9.17) is 22.4 Å². The van der Waals surface area contributed by atoms with Crippen LogP contribution in [0.4, 0.5) is 11.4 Å². The Morgan fingerprint density at radius 3 is 2.55 bits per heavy atom. The summed E-state index contributed by atoms with van der Waals surface area (Å²) in [5, 5.41) is 11.6. The van der Waals surface area contributed by atoms with Gasteiger partial charge in [0.1, 0.15) is 5.69 Å². The Balaban J connectivity index is 2.16. The van der Waals surface area contributed by atoms with Gasteiger partial charge in [-0.15, -0.1) is 0 Å². The van der Waals surface area contributed by atoms with Gasteiger partial charge in [0.15, 0.2) is 0 Å². The monoisotopic (exact) mass is 291 g/mol. The van der Waals surface area contributed by atoms with Crippen molar-refractivity contribution < 1.29 is 14.7 Å². The molecule has 1 aromatic carbocycles. The van der Waals surface area contributed by atoms with Gasteiger partial charge in [-0.2, -0.15) is 0 Å². The number of carbonyl (C=O) groups is 2. The van der Waals surface area contributed by atoms with Crippen LogP contribution in [0.1, 0.15) is 20.8 Å². The second-order valence-corrected chi connectivity index (χ2v) is 4.40. The van der Waals surface area contributed by atoms with Crippen LogP contribution in [0.3, 0.4) is 0 Å². The quantitative estimate of drug-likeness (QED) is 0.752. The number of nitrogen functional groups attached to an aromatic ring is 1. The Bertz CT molecular complexity index is 651. The van der Waals surface area contributed by atoms with Crippen molar-refractivity contribution in [3.63, 3.8) is 0 Å². The fourth-order valence-corrected chi connectivity index (χ4v) is 1.78. The van der Waals surface area contributed by atoms with Crippen molar-refractivity contribution >= 4 is 34.9 Å². The number of carboxylic acid groups (broad SMARTS) is 1. The summed E-state index contributed by atoms with van der Waals surface area (Å²) >= 11 is 5.82. The molecule has 1 heterocycles. The Labute approximate surface area is 119 Å². The zero-order valence-electron chi connectivity index (χ0n) is 10.1. The molecule has 102 valence electrons. The van der Waals surface area contributed by atoms with Gasteiger partial charge < -0.3 is 16.2 Å². The van der Waals surface area contributed by atoms with Gasteiger partial charge in [0, 0.05) is 16.3 Å². The van der Waals surface area contributed by atoms with Crippen molar-refractivity contribution in [3.05, 3.63) is 52.8 Å². The van der Waals surface area contributed by atoms with Gasteiger partial charge in [0.2, 0.25) is 0 Å². The number of amides is 1. The second kappa shape index (κ2) is 5.58. The van der Waals surface area contributed by atoms with Crippen molar-refractivity contribution in [1.29, 1.82) is 0 Å². The summed E-state index contributed by atoms with van der Waals surface area (Å²) in [5.74, 6) is -1.55. The third-order valence-corrected chi connectivity index (χ3v) is 2.64. The number of aromatic nitrogens is 1. The molecule has 0 aliphatic carbocycles. The predicted molar refractivity (Wildman–Crippen MR) is 75.0 cm³/mol. The fourth-order valence-electron chi connectivity index (χ4n) is 1.54. The molecule has 2 rings (SSSR count). The molecule has 0 radical (unpaired) electrons. The number of carbonyl (C=O) groups excluding carboxylic acids is 1. The highest BCUT2D eigenvalue weighted by molar-refractivity contribution is 6.31. The van der Waals surface area contributed by atoms with E-state index in [0.29, 0.717) is 22.0 Å². The van der Waals surface area contributed by atoms with Gasteiger partial charge in [-0.3, -0.25) is 4.79 Å². The number of nitrogens with zero attached hydrogens (tertiary/aromatic N) is 1. The SMILES string of the molecule is Nc1cc(Cl)cc(C(=O)Nc2ccc(C(=O)O)nc2)c1. The maximum Gasteiger partial charge on any atom is 0.354 e. The molecule has 0 spiro atoms. The number of halogens is 1. The van der Waals surface area contributed by atoms with E-state index in [-0.39, 0.29) is 5.69 Å². The van der Waals surface area contributed by atoms with Crippen LogP contribution in [-0.2, 0) is 0 Å². The minimum Gasteiger partial charge on any atom is -0.477 e. The molecule has 4 N–H and O–H groups in total. The number of hydrogen-bond acceptors (Lipinski definition) is 4. The summed E-state index contributed by atoms with van der Waals surface area (Å²) in [5.41, 5.74) is 6.55. The average Bonchev–Trinajstić information content (AvgIpc) is 2.38. The van der Waals surface area contributed by atoms with E-state index >= 15 is 0 Å². The molecule has 20 heavy (non-hydrogen) atoms. The molecule has 0 aliphatic heterocycles. The van der Waals surface area contributed by atoms with Crippen molar-refractivity contribution in [2.75, 3.05) is 11.1 Å². The van der Waals surface area contributed by atoms with Gasteiger partial charge in [-0.25, -0.2) is 9.78 Å². The van der Waals surface area contributed by atoms with E-state index in [0.717, 1.165) is 0 Å². The number of carboxylic acids is 1. The third kappa shape index (κ3) is 3.24. The van der Waals surface area contributed by atoms with Crippen LogP contribution in [0, 0.1) is 0 Å². The topological polar surface area (TPSA) is 105 Å². The molecule has 1 amide bonds. The smallest absolute Gasteiger partial charge is 0.354 e. The fraction of sp³-hybridized carbons (Fsp3) is 0. The van der Waals surface area contributed by atoms with Crippen LogP contribution in [0.2, 0.25) is 5.02 Å². The normalized spacial score (nSPS) is 10.1. The maximum atomic E-state index is 12.0. The molecule has 1 aromatic heterocycles. The van der Waals surface area contributed by atoms with E-state index in [1.807, 2.05) is 0 Å². The van der Waals surface area contributed by atoms with Crippen LogP contribution in [0.5, 0.6) is 0 Å². The zero-order chi connectivity index (χ0) is 14.7. The highest BCUT2D eigenvalue weighted by Gasteiger charge is 2.09.